The largest absolute Gasteiger partial charge is 0.494 e. The Hall–Kier alpha value is -1.51. The van der Waals surface area contributed by atoms with Gasteiger partial charge in [0.1, 0.15) is 0 Å². The minimum Gasteiger partial charge on any atom is -0.494 e. The lowest BCUT2D eigenvalue weighted by Gasteiger charge is -1.91. The first kappa shape index (κ1) is 6.22. The Morgan fingerprint density at radius 3 is 3.18 bits per heavy atom. The van der Waals surface area contributed by atoms with Gasteiger partial charge in [0.25, 0.3) is 0 Å². The van der Waals surface area contributed by atoms with Crippen LogP contribution >= 0.6 is 0 Å². The Balaban J connectivity index is 2.87. The van der Waals surface area contributed by atoms with E-state index in [-0.39, 0.29) is 5.88 Å². The molecule has 0 aliphatic heterocycles. The molecule has 0 atom stereocenters. The lowest BCUT2D eigenvalue weighted by atomic mass is 10.2. The van der Waals surface area contributed by atoms with Crippen LogP contribution in [0.5, 0.6) is 5.88 Å². The van der Waals surface area contributed by atoms with Crippen molar-refractivity contribution in [3.63, 3.8) is 0 Å². The third-order valence-electron chi connectivity index (χ3n) is 1.66. The molecule has 0 amide bonds. The third-order valence-corrected chi connectivity index (χ3v) is 1.66. The fraction of sp³-hybridized carbons (Fsp3) is 0.125. The van der Waals surface area contributed by atoms with Crippen LogP contribution in [0.15, 0.2) is 18.5 Å². The van der Waals surface area contributed by atoms with Gasteiger partial charge < -0.3 is 10.1 Å². The molecule has 2 N–H and O–H groups in total. The van der Waals surface area contributed by atoms with Crippen LogP contribution in [-0.4, -0.2) is 15.1 Å². The van der Waals surface area contributed by atoms with Crippen molar-refractivity contribution in [3.8, 4) is 5.88 Å². The molecule has 0 unspecified atom stereocenters. The Morgan fingerprint density at radius 2 is 2.36 bits per heavy atom. The first-order chi connectivity index (χ1) is 5.27. The molecular formula is C8H8N2O. The van der Waals surface area contributed by atoms with Crippen LogP contribution in [0.4, 0.5) is 0 Å². The molecule has 0 saturated carbocycles. The lowest BCUT2D eigenvalue weighted by Crippen LogP contribution is -1.75. The quantitative estimate of drug-likeness (QED) is 0.595. The van der Waals surface area contributed by atoms with E-state index < -0.39 is 0 Å². The van der Waals surface area contributed by atoms with Crippen LogP contribution in [0.1, 0.15) is 5.56 Å². The van der Waals surface area contributed by atoms with Gasteiger partial charge in [0.05, 0.1) is 10.9 Å². The molecule has 56 valence electrons. The van der Waals surface area contributed by atoms with Gasteiger partial charge in [0.2, 0.25) is 0 Å². The summed E-state index contributed by atoms with van der Waals surface area (Å²) in [6.07, 6.45) is 3.46. The molecular weight excluding hydrogens is 140 g/mol. The molecule has 0 aliphatic rings. The first-order valence-corrected chi connectivity index (χ1v) is 3.40. The van der Waals surface area contributed by atoms with E-state index in [0.717, 1.165) is 16.5 Å². The highest BCUT2D eigenvalue weighted by Gasteiger charge is 2.01. The molecule has 2 aromatic heterocycles. The van der Waals surface area contributed by atoms with Gasteiger partial charge >= 0.3 is 0 Å². The molecule has 11 heavy (non-hydrogen) atoms. The Labute approximate surface area is 63.7 Å². The second kappa shape index (κ2) is 1.99. The number of rotatable bonds is 0. The topological polar surface area (TPSA) is 48.9 Å². The van der Waals surface area contributed by atoms with Crippen LogP contribution in [0.25, 0.3) is 10.9 Å². The number of nitrogens with one attached hydrogen (secondary N) is 1. The number of hydrogen-bond acceptors (Lipinski definition) is 2. The molecule has 3 heteroatoms. The lowest BCUT2D eigenvalue weighted by molar-refractivity contribution is 0.462. The normalized spacial score (nSPS) is 10.6. The Bertz CT molecular complexity index is 392. The number of aryl methyl sites for hydroxylation is 1. The smallest absolute Gasteiger partial charge is 0.198 e. The summed E-state index contributed by atoms with van der Waals surface area (Å²) in [4.78, 5) is 6.81. The van der Waals surface area contributed by atoms with E-state index in [4.69, 9.17) is 0 Å². The number of nitrogens with zero attached hydrogens (tertiary/aromatic N) is 1. The number of hydrogen-bond donors (Lipinski definition) is 2. The molecule has 0 fully saturated rings. The van der Waals surface area contributed by atoms with Crippen LogP contribution in [0, 0.1) is 6.92 Å². The maximum atomic E-state index is 9.24. The van der Waals surface area contributed by atoms with E-state index in [1.807, 2.05) is 13.0 Å². The fourth-order valence-electron chi connectivity index (χ4n) is 1.10. The van der Waals surface area contributed by atoms with Gasteiger partial charge in [-0.25, -0.2) is 0 Å². The third kappa shape index (κ3) is 0.852. The van der Waals surface area contributed by atoms with Gasteiger partial charge in [0.15, 0.2) is 5.88 Å². The minimum atomic E-state index is 0.191. The molecule has 3 nitrogen and oxygen atoms in total. The molecule has 2 aromatic rings. The highest BCUT2D eigenvalue weighted by molar-refractivity contribution is 5.84. The summed E-state index contributed by atoms with van der Waals surface area (Å²) in [5.41, 5.74) is 1.85. The zero-order valence-electron chi connectivity index (χ0n) is 6.13. The number of aromatic hydroxyl groups is 1. The zero-order valence-corrected chi connectivity index (χ0v) is 6.13. The standard InChI is InChI=1S/C8H8N2O/c1-5-2-6-7(9-3-5)4-10-8(6)11/h2-4,10-11H,1H3. The Kier molecular flexibility index (Phi) is 1.12. The predicted molar refractivity (Wildman–Crippen MR) is 42.5 cm³/mol. The average molecular weight is 148 g/mol. The molecule has 0 bridgehead atoms. The highest BCUT2D eigenvalue weighted by atomic mass is 16.3. The van der Waals surface area contributed by atoms with E-state index >= 15 is 0 Å². The van der Waals surface area contributed by atoms with Crippen molar-refractivity contribution < 1.29 is 5.11 Å². The van der Waals surface area contributed by atoms with Crippen molar-refractivity contribution >= 4 is 10.9 Å². The maximum absolute atomic E-state index is 9.24. The summed E-state index contributed by atoms with van der Waals surface area (Å²) >= 11 is 0. The van der Waals surface area contributed by atoms with Gasteiger partial charge in [-0.2, -0.15) is 0 Å². The molecule has 0 spiro atoms. The first-order valence-electron chi connectivity index (χ1n) is 3.40. The van der Waals surface area contributed by atoms with E-state index in [1.54, 1.807) is 12.4 Å². The highest BCUT2D eigenvalue weighted by Crippen LogP contribution is 2.21. The van der Waals surface area contributed by atoms with Crippen molar-refractivity contribution in [1.29, 1.82) is 0 Å². The summed E-state index contributed by atoms with van der Waals surface area (Å²) in [6, 6.07) is 1.90. The summed E-state index contributed by atoms with van der Waals surface area (Å²) in [5, 5.41) is 10.0. The number of aromatic nitrogens is 2. The number of aromatic amines is 1. The zero-order chi connectivity index (χ0) is 7.84. The summed E-state index contributed by atoms with van der Waals surface area (Å²) in [5.74, 6) is 0.191. The van der Waals surface area contributed by atoms with Crippen LogP contribution in [0.2, 0.25) is 0 Å². The Morgan fingerprint density at radius 1 is 1.55 bits per heavy atom. The number of fused-ring (bicyclic) bond motifs is 1. The molecule has 2 rings (SSSR count). The molecule has 0 aliphatic carbocycles. The van der Waals surface area contributed by atoms with Crippen molar-refractivity contribution in [2.75, 3.05) is 0 Å². The van der Waals surface area contributed by atoms with Gasteiger partial charge in [-0.15, -0.1) is 0 Å². The molecule has 2 heterocycles. The van der Waals surface area contributed by atoms with E-state index in [0.29, 0.717) is 0 Å². The van der Waals surface area contributed by atoms with E-state index in [9.17, 15) is 5.11 Å². The van der Waals surface area contributed by atoms with Crippen molar-refractivity contribution in [2.24, 2.45) is 0 Å². The van der Waals surface area contributed by atoms with Crippen molar-refractivity contribution in [3.05, 3.63) is 24.0 Å². The maximum Gasteiger partial charge on any atom is 0.198 e. The number of pyridine rings is 1. The van der Waals surface area contributed by atoms with Gasteiger partial charge in [-0.3, -0.25) is 4.98 Å². The predicted octanol–water partition coefficient (Wildman–Crippen LogP) is 1.58. The van der Waals surface area contributed by atoms with Gasteiger partial charge in [0, 0.05) is 12.4 Å². The van der Waals surface area contributed by atoms with Crippen molar-refractivity contribution in [2.45, 2.75) is 6.92 Å². The molecule has 0 aromatic carbocycles. The van der Waals surface area contributed by atoms with Crippen LogP contribution in [0.3, 0.4) is 0 Å². The fourth-order valence-corrected chi connectivity index (χ4v) is 1.10. The second-order valence-electron chi connectivity index (χ2n) is 2.58. The minimum absolute atomic E-state index is 0.191. The summed E-state index contributed by atoms with van der Waals surface area (Å²) in [7, 11) is 0. The van der Waals surface area contributed by atoms with Crippen LogP contribution in [-0.2, 0) is 0 Å². The van der Waals surface area contributed by atoms with Gasteiger partial charge in [-0.05, 0) is 18.6 Å². The van der Waals surface area contributed by atoms with Crippen molar-refractivity contribution in [1.82, 2.24) is 9.97 Å². The SMILES string of the molecule is Cc1cnc2c[nH]c(O)c2c1. The number of H-pyrrole nitrogens is 1. The van der Waals surface area contributed by atoms with E-state index in [2.05, 4.69) is 9.97 Å². The van der Waals surface area contributed by atoms with Gasteiger partial charge in [-0.1, -0.05) is 0 Å². The molecule has 0 radical (unpaired) electrons. The van der Waals surface area contributed by atoms with E-state index in [1.165, 1.54) is 0 Å². The van der Waals surface area contributed by atoms with Crippen LogP contribution < -0.4 is 0 Å². The second-order valence-corrected chi connectivity index (χ2v) is 2.58. The average Bonchev–Trinajstić information content (AvgIpc) is 2.33. The molecule has 0 saturated heterocycles. The summed E-state index contributed by atoms with van der Waals surface area (Å²) < 4.78 is 0. The summed E-state index contributed by atoms with van der Waals surface area (Å²) in [6.45, 7) is 1.94. The monoisotopic (exact) mass is 148 g/mol.